The second-order valence-electron chi connectivity index (χ2n) is 9.43. The lowest BCUT2D eigenvalue weighted by Gasteiger charge is -2.19. The van der Waals surface area contributed by atoms with Gasteiger partial charge in [0.25, 0.3) is 5.91 Å². The summed E-state index contributed by atoms with van der Waals surface area (Å²) in [6.07, 6.45) is 2.05. The van der Waals surface area contributed by atoms with Crippen molar-refractivity contribution in [3.05, 3.63) is 98.0 Å². The Morgan fingerprint density at radius 1 is 0.927 bits per heavy atom. The number of urea groups is 1. The Balaban J connectivity index is 1.36. The second-order valence-corrected chi connectivity index (χ2v) is 10.6. The topological polar surface area (TPSA) is 137 Å². The minimum Gasteiger partial charge on any atom is -0.480 e. The Bertz CT molecular complexity index is 1480. The summed E-state index contributed by atoms with van der Waals surface area (Å²) in [5, 5.41) is 20.3. The number of nitrogens with one attached hydrogen (secondary N) is 4. The van der Waals surface area contributed by atoms with Crippen molar-refractivity contribution >= 4 is 64.3 Å². The van der Waals surface area contributed by atoms with E-state index >= 15 is 0 Å². The lowest BCUT2D eigenvalue weighted by atomic mass is 10.1. The van der Waals surface area contributed by atoms with Gasteiger partial charge in [-0.15, -0.1) is 0 Å². The first kappa shape index (κ1) is 30.2. The second kappa shape index (κ2) is 13.7. The summed E-state index contributed by atoms with van der Waals surface area (Å²) in [5.74, 6) is -2.63. The van der Waals surface area contributed by atoms with Crippen molar-refractivity contribution < 1.29 is 24.3 Å². The molecule has 1 aliphatic carbocycles. The zero-order chi connectivity index (χ0) is 29.5. The van der Waals surface area contributed by atoms with Crippen molar-refractivity contribution in [2.45, 2.75) is 37.8 Å². The number of benzene rings is 3. The molecule has 4 rings (SSSR count). The molecule has 41 heavy (non-hydrogen) atoms. The molecule has 3 aromatic carbocycles. The van der Waals surface area contributed by atoms with Gasteiger partial charge in [-0.05, 0) is 54.2 Å². The first-order valence-corrected chi connectivity index (χ1v) is 13.9. The van der Waals surface area contributed by atoms with Gasteiger partial charge < -0.3 is 26.4 Å². The van der Waals surface area contributed by atoms with Crippen LogP contribution in [0.15, 0.2) is 60.7 Å². The molecule has 1 aliphatic rings. The number of rotatable bonds is 10. The van der Waals surface area contributed by atoms with E-state index in [0.29, 0.717) is 11.4 Å². The highest BCUT2D eigenvalue weighted by molar-refractivity contribution is 6.41. The van der Waals surface area contributed by atoms with Crippen molar-refractivity contribution in [1.29, 1.82) is 0 Å². The van der Waals surface area contributed by atoms with Gasteiger partial charge in [-0.1, -0.05) is 77.3 Å². The van der Waals surface area contributed by atoms with Crippen LogP contribution in [-0.4, -0.2) is 41.5 Å². The van der Waals surface area contributed by atoms with E-state index in [2.05, 4.69) is 21.3 Å². The van der Waals surface area contributed by atoms with E-state index in [1.54, 1.807) is 12.1 Å². The van der Waals surface area contributed by atoms with Gasteiger partial charge >= 0.3 is 12.0 Å². The Labute approximate surface area is 251 Å². The number of carboxylic acid groups (broad SMARTS) is 1. The van der Waals surface area contributed by atoms with Gasteiger partial charge in [-0.25, -0.2) is 9.59 Å². The molecule has 0 saturated carbocycles. The number of carbonyl (C=O) groups is 4. The molecule has 0 spiro atoms. The molecule has 5 N–H and O–H groups in total. The highest BCUT2D eigenvalue weighted by atomic mass is 35.5. The van der Waals surface area contributed by atoms with Gasteiger partial charge in [-0.3, -0.25) is 9.59 Å². The number of carbonyl (C=O) groups excluding carboxylic acids is 3. The summed E-state index contributed by atoms with van der Waals surface area (Å²) in [6.45, 7) is -0.394. The molecule has 0 aromatic heterocycles. The number of halogens is 3. The predicted octanol–water partition coefficient (Wildman–Crippen LogP) is 5.39. The highest BCUT2D eigenvalue weighted by Crippen LogP contribution is 2.32. The van der Waals surface area contributed by atoms with Crippen LogP contribution in [0, 0.1) is 0 Å². The summed E-state index contributed by atoms with van der Waals surface area (Å²) in [5.41, 5.74) is 2.90. The molecule has 1 unspecified atom stereocenters. The van der Waals surface area contributed by atoms with Crippen molar-refractivity contribution in [2.24, 2.45) is 0 Å². The van der Waals surface area contributed by atoms with Gasteiger partial charge in [0.05, 0.1) is 33.9 Å². The van der Waals surface area contributed by atoms with E-state index in [1.807, 2.05) is 36.4 Å². The molecular weight excluding hydrogens is 591 g/mol. The average molecular weight is 618 g/mol. The van der Waals surface area contributed by atoms with Crippen LogP contribution in [0.4, 0.5) is 10.5 Å². The number of anilines is 1. The summed E-state index contributed by atoms with van der Waals surface area (Å²) < 4.78 is 0. The van der Waals surface area contributed by atoms with Crippen LogP contribution in [0.25, 0.3) is 0 Å². The molecule has 0 bridgehead atoms. The number of hydrogen-bond donors (Lipinski definition) is 5. The Morgan fingerprint density at radius 3 is 2.41 bits per heavy atom. The van der Waals surface area contributed by atoms with Crippen molar-refractivity contribution in [1.82, 2.24) is 16.0 Å². The third kappa shape index (κ3) is 7.70. The van der Waals surface area contributed by atoms with Crippen molar-refractivity contribution in [3.63, 3.8) is 0 Å². The lowest BCUT2D eigenvalue weighted by molar-refractivity contribution is -0.139. The molecule has 0 radical (unpaired) electrons. The molecule has 0 saturated heterocycles. The van der Waals surface area contributed by atoms with Crippen molar-refractivity contribution in [2.75, 3.05) is 11.9 Å². The number of aryl methyl sites for hydroxylation is 2. The number of hydrogen-bond acceptors (Lipinski definition) is 4. The average Bonchev–Trinajstić information content (AvgIpc) is 3.34. The Kier molecular flexibility index (Phi) is 10.1. The first-order valence-electron chi connectivity index (χ1n) is 12.8. The molecule has 214 valence electrons. The van der Waals surface area contributed by atoms with Gasteiger partial charge in [0.1, 0.15) is 6.04 Å². The first-order chi connectivity index (χ1) is 19.6. The molecule has 0 fully saturated rings. The fraction of sp³-hybridized carbons (Fsp3) is 0.241. The van der Waals surface area contributed by atoms with Crippen LogP contribution >= 0.6 is 34.8 Å². The Morgan fingerprint density at radius 2 is 1.66 bits per heavy atom. The smallest absolute Gasteiger partial charge is 0.328 e. The molecule has 4 amide bonds. The number of fused-ring (bicyclic) bond motifs is 1. The van der Waals surface area contributed by atoms with Gasteiger partial charge in [0, 0.05) is 11.4 Å². The third-order valence-corrected chi connectivity index (χ3v) is 7.76. The fourth-order valence-corrected chi connectivity index (χ4v) is 5.38. The minimum absolute atomic E-state index is 0.0451. The van der Waals surface area contributed by atoms with Crippen LogP contribution in [-0.2, 0) is 22.4 Å². The largest absolute Gasteiger partial charge is 0.480 e. The van der Waals surface area contributed by atoms with Crippen LogP contribution < -0.4 is 21.3 Å². The maximum Gasteiger partial charge on any atom is 0.328 e. The normalized spacial score (nSPS) is 14.5. The van der Waals surface area contributed by atoms with Gasteiger partial charge in [-0.2, -0.15) is 0 Å². The predicted molar refractivity (Wildman–Crippen MR) is 158 cm³/mol. The maximum atomic E-state index is 13.0. The highest BCUT2D eigenvalue weighted by Gasteiger charge is 2.27. The third-order valence-electron chi connectivity index (χ3n) is 6.68. The zero-order valence-corrected chi connectivity index (χ0v) is 23.9. The maximum absolute atomic E-state index is 13.0. The summed E-state index contributed by atoms with van der Waals surface area (Å²) >= 11 is 18.8. The van der Waals surface area contributed by atoms with E-state index in [-0.39, 0.29) is 39.7 Å². The van der Waals surface area contributed by atoms with E-state index in [1.165, 1.54) is 12.1 Å². The summed E-state index contributed by atoms with van der Waals surface area (Å²) in [7, 11) is 0. The van der Waals surface area contributed by atoms with Gasteiger partial charge in [0.2, 0.25) is 5.91 Å². The minimum atomic E-state index is -1.48. The van der Waals surface area contributed by atoms with Crippen LogP contribution in [0.3, 0.4) is 0 Å². The van der Waals surface area contributed by atoms with E-state index in [0.717, 1.165) is 29.5 Å². The molecule has 9 nitrogen and oxygen atoms in total. The monoisotopic (exact) mass is 616 g/mol. The fourth-order valence-electron chi connectivity index (χ4n) is 4.56. The van der Waals surface area contributed by atoms with Crippen molar-refractivity contribution in [3.8, 4) is 0 Å². The molecule has 0 aliphatic heterocycles. The summed E-state index contributed by atoms with van der Waals surface area (Å²) in [6, 6.07) is 15.5. The number of carboxylic acids is 1. The SMILES string of the molecule is O=C(CCc1ccccc1Cl)Nc1ccc(Cl)c(C(=O)NC(CNC(=O)N[C@@H]2CCc3ccccc32)C(=O)O)c1Cl. The molecule has 12 heteroatoms. The lowest BCUT2D eigenvalue weighted by Crippen LogP contribution is -2.50. The molecule has 0 heterocycles. The van der Waals surface area contributed by atoms with Crippen LogP contribution in [0.1, 0.15) is 45.9 Å². The number of amides is 4. The Hall–Kier alpha value is -3.79. The molecular formula is C29H27Cl3N4O5. The zero-order valence-electron chi connectivity index (χ0n) is 21.7. The standard InChI is InChI=1S/C29H27Cl3N4O5/c30-19-8-4-2-6-17(19)10-14-24(37)34-22-13-11-20(31)25(26(22)32)27(38)35-23(28(39)40)15-33-29(41)36-21-12-9-16-5-1-3-7-18(16)21/h1-8,11,13,21,23H,9-10,12,14-15H2,(H,34,37)(H,35,38)(H,39,40)(H2,33,36,41)/t21-,23?/m1/s1. The van der Waals surface area contributed by atoms with Gasteiger partial charge in [0.15, 0.2) is 0 Å². The van der Waals surface area contributed by atoms with E-state index in [9.17, 15) is 24.3 Å². The van der Waals surface area contributed by atoms with Crippen LogP contribution in [0.5, 0.6) is 0 Å². The van der Waals surface area contributed by atoms with E-state index in [4.69, 9.17) is 34.8 Å². The quantitative estimate of drug-likeness (QED) is 0.208. The van der Waals surface area contributed by atoms with E-state index < -0.39 is 30.5 Å². The summed E-state index contributed by atoms with van der Waals surface area (Å²) in [4.78, 5) is 50.0. The number of aliphatic carboxylic acids is 1. The molecule has 3 aromatic rings. The van der Waals surface area contributed by atoms with Crippen LogP contribution in [0.2, 0.25) is 15.1 Å². The molecule has 2 atom stereocenters.